The van der Waals surface area contributed by atoms with Crippen molar-refractivity contribution < 1.29 is 19.2 Å². The van der Waals surface area contributed by atoms with Crippen LogP contribution < -0.4 is 15.0 Å². The number of thioether (sulfide) groups is 1. The fourth-order valence-electron chi connectivity index (χ4n) is 3.59. The van der Waals surface area contributed by atoms with Gasteiger partial charge in [-0.2, -0.15) is 11.8 Å². The van der Waals surface area contributed by atoms with Gasteiger partial charge in [-0.15, -0.1) is 0 Å². The fourth-order valence-corrected chi connectivity index (χ4v) is 4.57. The van der Waals surface area contributed by atoms with Gasteiger partial charge in [0, 0.05) is 49.0 Å². The van der Waals surface area contributed by atoms with Gasteiger partial charge in [0.1, 0.15) is 12.3 Å². The molecule has 0 spiro atoms. The van der Waals surface area contributed by atoms with E-state index in [4.69, 9.17) is 4.74 Å². The lowest BCUT2D eigenvalue weighted by Gasteiger charge is -2.29. The van der Waals surface area contributed by atoms with Crippen molar-refractivity contribution in [2.75, 3.05) is 48.0 Å². The lowest BCUT2D eigenvalue weighted by Crippen LogP contribution is -2.43. The van der Waals surface area contributed by atoms with E-state index in [0.717, 1.165) is 36.7 Å². The maximum atomic E-state index is 12.8. The van der Waals surface area contributed by atoms with Crippen molar-refractivity contribution in [1.29, 1.82) is 0 Å². The molecule has 31 heavy (non-hydrogen) atoms. The first-order valence-electron chi connectivity index (χ1n) is 9.91. The number of ether oxygens (including phenoxy) is 1. The van der Waals surface area contributed by atoms with Crippen LogP contribution in [0.5, 0.6) is 5.75 Å². The standard InChI is InChI=1S/C21H22N4O5S/c26-20(22-17-4-2-1-3-15(17)12-23-7-9-31-10-8-23)13-24-18-11-16(25(28)29)5-6-19(18)30-14-21(24)27/h1-6,11H,7-10,12-14H2,(H,22,26). The van der Waals surface area contributed by atoms with Crippen molar-refractivity contribution in [1.82, 2.24) is 4.90 Å². The molecule has 0 unspecified atom stereocenters. The number of para-hydroxylation sites is 1. The number of carbonyl (C=O) groups is 2. The minimum absolute atomic E-state index is 0.174. The average molecular weight is 442 g/mol. The highest BCUT2D eigenvalue weighted by Crippen LogP contribution is 2.35. The Balaban J connectivity index is 1.49. The van der Waals surface area contributed by atoms with E-state index in [9.17, 15) is 19.7 Å². The van der Waals surface area contributed by atoms with E-state index >= 15 is 0 Å². The Hall–Kier alpha value is -3.11. The molecule has 2 aliphatic rings. The molecule has 1 fully saturated rings. The fraction of sp³-hybridized carbons (Fsp3) is 0.333. The van der Waals surface area contributed by atoms with Crippen LogP contribution in [0.1, 0.15) is 5.56 Å². The van der Waals surface area contributed by atoms with Crippen LogP contribution in [0.15, 0.2) is 42.5 Å². The minimum Gasteiger partial charge on any atom is -0.482 e. The van der Waals surface area contributed by atoms with E-state index in [2.05, 4.69) is 10.2 Å². The van der Waals surface area contributed by atoms with Crippen molar-refractivity contribution in [3.05, 3.63) is 58.1 Å². The second kappa shape index (κ2) is 9.36. The maximum absolute atomic E-state index is 12.8. The Morgan fingerprint density at radius 1 is 1.19 bits per heavy atom. The van der Waals surface area contributed by atoms with Crippen molar-refractivity contribution >= 4 is 40.6 Å². The number of fused-ring (bicyclic) bond motifs is 1. The maximum Gasteiger partial charge on any atom is 0.271 e. The molecule has 4 rings (SSSR count). The molecule has 0 aliphatic carbocycles. The van der Waals surface area contributed by atoms with Crippen LogP contribution in [0.2, 0.25) is 0 Å². The largest absolute Gasteiger partial charge is 0.482 e. The molecule has 0 radical (unpaired) electrons. The van der Waals surface area contributed by atoms with Crippen molar-refractivity contribution in [2.45, 2.75) is 6.54 Å². The lowest BCUT2D eigenvalue weighted by molar-refractivity contribution is -0.384. The third-order valence-corrected chi connectivity index (χ3v) is 6.13. The number of amides is 2. The van der Waals surface area contributed by atoms with Gasteiger partial charge < -0.3 is 10.1 Å². The SMILES string of the molecule is O=C(CN1C(=O)COc2ccc([N+](=O)[O-])cc21)Nc1ccccc1CN1CCSCC1. The van der Waals surface area contributed by atoms with E-state index < -0.39 is 10.8 Å². The first kappa shape index (κ1) is 21.1. The first-order chi connectivity index (χ1) is 15.0. The minimum atomic E-state index is -0.549. The van der Waals surface area contributed by atoms with Gasteiger partial charge in [-0.1, -0.05) is 18.2 Å². The number of nitro benzene ring substituents is 1. The highest BCUT2D eigenvalue weighted by Gasteiger charge is 2.29. The zero-order chi connectivity index (χ0) is 21.8. The van der Waals surface area contributed by atoms with Crippen LogP contribution in [0.25, 0.3) is 0 Å². The van der Waals surface area contributed by atoms with Crippen LogP contribution >= 0.6 is 11.8 Å². The van der Waals surface area contributed by atoms with Gasteiger partial charge in [-0.25, -0.2) is 0 Å². The third-order valence-electron chi connectivity index (χ3n) is 5.19. The van der Waals surface area contributed by atoms with Gasteiger partial charge in [-0.3, -0.25) is 29.5 Å². The normalized spacial score (nSPS) is 16.4. The molecule has 0 bridgehead atoms. The highest BCUT2D eigenvalue weighted by atomic mass is 32.2. The molecule has 1 saturated heterocycles. The number of anilines is 2. The Morgan fingerprint density at radius 2 is 1.97 bits per heavy atom. The number of hydrogen-bond donors (Lipinski definition) is 1. The molecule has 162 valence electrons. The van der Waals surface area contributed by atoms with Crippen LogP contribution in [-0.4, -0.2) is 59.4 Å². The van der Waals surface area contributed by atoms with E-state index in [-0.39, 0.29) is 30.4 Å². The number of non-ortho nitro benzene ring substituents is 1. The molecule has 2 aromatic rings. The average Bonchev–Trinajstić information content (AvgIpc) is 2.77. The molecule has 0 saturated carbocycles. The van der Waals surface area contributed by atoms with Crippen LogP contribution in [0, 0.1) is 10.1 Å². The summed E-state index contributed by atoms with van der Waals surface area (Å²) >= 11 is 1.94. The monoisotopic (exact) mass is 442 g/mol. The molecule has 2 amide bonds. The smallest absolute Gasteiger partial charge is 0.271 e. The summed E-state index contributed by atoms with van der Waals surface area (Å²) in [5.41, 5.74) is 1.75. The first-order valence-corrected chi connectivity index (χ1v) is 11.1. The summed E-state index contributed by atoms with van der Waals surface area (Å²) in [4.78, 5) is 39.3. The summed E-state index contributed by atoms with van der Waals surface area (Å²) in [6.07, 6.45) is 0. The summed E-state index contributed by atoms with van der Waals surface area (Å²) in [5.74, 6) is 1.72. The Bertz CT molecular complexity index is 1010. The number of nitrogens with one attached hydrogen (secondary N) is 1. The molecular formula is C21H22N4O5S. The predicted molar refractivity (Wildman–Crippen MR) is 119 cm³/mol. The molecule has 9 nitrogen and oxygen atoms in total. The van der Waals surface area contributed by atoms with E-state index in [1.807, 2.05) is 36.0 Å². The second-order valence-electron chi connectivity index (χ2n) is 7.27. The number of nitrogens with zero attached hydrogens (tertiary/aromatic N) is 3. The zero-order valence-electron chi connectivity index (χ0n) is 16.8. The third kappa shape index (κ3) is 4.97. The van der Waals surface area contributed by atoms with Crippen molar-refractivity contribution in [3.8, 4) is 5.75 Å². The van der Waals surface area contributed by atoms with E-state index in [0.29, 0.717) is 11.4 Å². The van der Waals surface area contributed by atoms with Gasteiger partial charge >= 0.3 is 0 Å². The van der Waals surface area contributed by atoms with Crippen LogP contribution in [-0.2, 0) is 16.1 Å². The molecular weight excluding hydrogens is 420 g/mol. The van der Waals surface area contributed by atoms with Gasteiger partial charge in [0.15, 0.2) is 6.61 Å². The van der Waals surface area contributed by atoms with Gasteiger partial charge in [0.2, 0.25) is 5.91 Å². The highest BCUT2D eigenvalue weighted by molar-refractivity contribution is 7.99. The summed E-state index contributed by atoms with van der Waals surface area (Å²) in [5, 5.41) is 14.0. The van der Waals surface area contributed by atoms with Crippen molar-refractivity contribution in [2.24, 2.45) is 0 Å². The number of rotatable bonds is 6. The molecule has 2 aliphatic heterocycles. The van der Waals surface area contributed by atoms with E-state index in [1.54, 1.807) is 0 Å². The molecule has 0 atom stereocenters. The van der Waals surface area contributed by atoms with Crippen LogP contribution in [0.4, 0.5) is 17.1 Å². The number of hydrogen-bond acceptors (Lipinski definition) is 7. The van der Waals surface area contributed by atoms with Crippen LogP contribution in [0.3, 0.4) is 0 Å². The quantitative estimate of drug-likeness (QED) is 0.541. The Morgan fingerprint density at radius 3 is 2.74 bits per heavy atom. The Labute approximate surface area is 183 Å². The predicted octanol–water partition coefficient (Wildman–Crippen LogP) is 2.51. The number of nitro groups is 1. The van der Waals surface area contributed by atoms with Crippen molar-refractivity contribution in [3.63, 3.8) is 0 Å². The number of carbonyl (C=O) groups excluding carboxylic acids is 2. The van der Waals surface area contributed by atoms with Gasteiger partial charge in [0.25, 0.3) is 11.6 Å². The number of benzene rings is 2. The second-order valence-corrected chi connectivity index (χ2v) is 8.50. The topological polar surface area (TPSA) is 105 Å². The summed E-state index contributed by atoms with van der Waals surface area (Å²) in [6, 6.07) is 11.6. The molecule has 2 heterocycles. The summed E-state index contributed by atoms with van der Waals surface area (Å²) in [7, 11) is 0. The summed E-state index contributed by atoms with van der Waals surface area (Å²) in [6.45, 7) is 2.27. The molecule has 1 N–H and O–H groups in total. The molecule has 10 heteroatoms. The molecule has 0 aromatic heterocycles. The van der Waals surface area contributed by atoms with Gasteiger partial charge in [0.05, 0.1) is 10.6 Å². The van der Waals surface area contributed by atoms with Gasteiger partial charge in [-0.05, 0) is 17.7 Å². The molecule has 2 aromatic carbocycles. The zero-order valence-corrected chi connectivity index (χ0v) is 17.6. The Kier molecular flexibility index (Phi) is 6.38. The lowest BCUT2D eigenvalue weighted by atomic mass is 10.1. The van der Waals surface area contributed by atoms with E-state index in [1.165, 1.54) is 23.1 Å². The summed E-state index contributed by atoms with van der Waals surface area (Å²) < 4.78 is 5.35.